The lowest BCUT2D eigenvalue weighted by Crippen LogP contribution is -2.03. The maximum Gasteiger partial charge on any atom is 0.145 e. The zero-order chi connectivity index (χ0) is 12.4. The van der Waals surface area contributed by atoms with Crippen LogP contribution < -0.4 is 0 Å². The molecule has 0 aliphatic rings. The highest BCUT2D eigenvalue weighted by Crippen LogP contribution is 2.28. The van der Waals surface area contributed by atoms with Crippen molar-refractivity contribution in [1.29, 1.82) is 0 Å². The van der Waals surface area contributed by atoms with Crippen molar-refractivity contribution in [3.05, 3.63) is 50.1 Å². The van der Waals surface area contributed by atoms with Gasteiger partial charge in [0, 0.05) is 6.42 Å². The molecule has 0 spiro atoms. The highest BCUT2D eigenvalue weighted by Gasteiger charge is 2.16. The molecule has 1 N–H and O–H groups in total. The van der Waals surface area contributed by atoms with Crippen LogP contribution in [0.15, 0.2) is 24.4 Å². The van der Waals surface area contributed by atoms with Gasteiger partial charge >= 0.3 is 0 Å². The number of halogens is 3. The second kappa shape index (κ2) is 5.31. The van der Waals surface area contributed by atoms with Gasteiger partial charge in [0.15, 0.2) is 0 Å². The van der Waals surface area contributed by atoms with Crippen LogP contribution in [0.4, 0.5) is 4.39 Å². The molecular weight excluding hydrogens is 284 g/mol. The molecule has 0 radical (unpaired) electrons. The van der Waals surface area contributed by atoms with Crippen molar-refractivity contribution in [3.63, 3.8) is 0 Å². The lowest BCUT2D eigenvalue weighted by Gasteiger charge is -2.08. The van der Waals surface area contributed by atoms with E-state index in [9.17, 15) is 9.50 Å². The van der Waals surface area contributed by atoms with E-state index in [-0.39, 0.29) is 11.4 Å². The van der Waals surface area contributed by atoms with Gasteiger partial charge in [0.05, 0.1) is 11.2 Å². The minimum Gasteiger partial charge on any atom is -0.386 e. The Balaban J connectivity index is 2.18. The van der Waals surface area contributed by atoms with E-state index in [1.54, 1.807) is 12.1 Å². The molecule has 6 heteroatoms. The van der Waals surface area contributed by atoms with E-state index in [1.807, 2.05) is 0 Å². The first kappa shape index (κ1) is 12.8. The zero-order valence-corrected chi connectivity index (χ0v) is 10.9. The van der Waals surface area contributed by atoms with Crippen LogP contribution in [0.25, 0.3) is 0 Å². The molecule has 1 atom stereocenters. The fourth-order valence-electron chi connectivity index (χ4n) is 1.42. The van der Waals surface area contributed by atoms with Gasteiger partial charge in [-0.3, -0.25) is 0 Å². The maximum atomic E-state index is 13.6. The normalized spacial score (nSPS) is 12.7. The molecular formula is C11H8Cl2FNOS. The Morgan fingerprint density at radius 1 is 1.41 bits per heavy atom. The Bertz CT molecular complexity index is 532. The van der Waals surface area contributed by atoms with Gasteiger partial charge in [-0.2, -0.15) is 0 Å². The van der Waals surface area contributed by atoms with Gasteiger partial charge in [0.1, 0.15) is 21.3 Å². The van der Waals surface area contributed by atoms with Crippen molar-refractivity contribution in [2.45, 2.75) is 12.5 Å². The minimum atomic E-state index is -0.875. The molecule has 0 bridgehead atoms. The van der Waals surface area contributed by atoms with Crippen LogP contribution in [0.3, 0.4) is 0 Å². The number of aliphatic hydroxyl groups is 1. The highest BCUT2D eigenvalue weighted by molar-refractivity contribution is 7.15. The van der Waals surface area contributed by atoms with Gasteiger partial charge in [-0.05, 0) is 11.6 Å². The van der Waals surface area contributed by atoms with Gasteiger partial charge in [-0.15, -0.1) is 11.3 Å². The maximum absolute atomic E-state index is 13.6. The van der Waals surface area contributed by atoms with E-state index in [1.165, 1.54) is 23.6 Å². The number of thiazole rings is 1. The summed E-state index contributed by atoms with van der Waals surface area (Å²) in [5.41, 5.74) is 0.358. The number of hydrogen-bond donors (Lipinski definition) is 1. The van der Waals surface area contributed by atoms with E-state index in [0.717, 1.165) is 0 Å². The van der Waals surface area contributed by atoms with Crippen LogP contribution >= 0.6 is 34.5 Å². The molecule has 2 rings (SSSR count). The first-order valence-electron chi connectivity index (χ1n) is 4.80. The number of aromatic nitrogens is 1. The Morgan fingerprint density at radius 3 is 2.82 bits per heavy atom. The summed E-state index contributed by atoms with van der Waals surface area (Å²) in [5, 5.41) is 10.4. The van der Waals surface area contributed by atoms with Crippen molar-refractivity contribution >= 4 is 34.5 Å². The summed E-state index contributed by atoms with van der Waals surface area (Å²) in [7, 11) is 0. The lowest BCUT2D eigenvalue weighted by atomic mass is 10.1. The van der Waals surface area contributed by atoms with Crippen molar-refractivity contribution in [2.75, 3.05) is 0 Å². The zero-order valence-electron chi connectivity index (χ0n) is 8.53. The molecule has 1 aromatic heterocycles. The molecule has 2 aromatic rings. The van der Waals surface area contributed by atoms with Crippen LogP contribution in [-0.2, 0) is 6.42 Å². The predicted octanol–water partition coefficient (Wildman–Crippen LogP) is 3.87. The topological polar surface area (TPSA) is 33.1 Å². The van der Waals surface area contributed by atoms with Crippen molar-refractivity contribution in [3.8, 4) is 0 Å². The molecule has 0 saturated carbocycles. The van der Waals surface area contributed by atoms with Crippen molar-refractivity contribution in [2.24, 2.45) is 0 Å². The van der Waals surface area contributed by atoms with E-state index in [4.69, 9.17) is 23.2 Å². The average Bonchev–Trinajstić information content (AvgIpc) is 2.72. The molecule has 2 nitrogen and oxygen atoms in total. The molecule has 1 heterocycles. The number of hydrogen-bond acceptors (Lipinski definition) is 3. The second-order valence-corrected chi connectivity index (χ2v) is 5.54. The monoisotopic (exact) mass is 291 g/mol. The first-order chi connectivity index (χ1) is 8.08. The third-order valence-electron chi connectivity index (χ3n) is 2.23. The number of rotatable bonds is 3. The van der Waals surface area contributed by atoms with Crippen LogP contribution in [0.2, 0.25) is 9.36 Å². The van der Waals surface area contributed by atoms with Crippen molar-refractivity contribution < 1.29 is 9.50 Å². The van der Waals surface area contributed by atoms with E-state index >= 15 is 0 Å². The minimum absolute atomic E-state index is 0.0480. The Labute approximate surface area is 112 Å². The largest absolute Gasteiger partial charge is 0.386 e. The summed E-state index contributed by atoms with van der Waals surface area (Å²) in [6, 6.07) is 4.69. The average molecular weight is 292 g/mol. The van der Waals surface area contributed by atoms with Crippen LogP contribution in [-0.4, -0.2) is 10.1 Å². The van der Waals surface area contributed by atoms with E-state index < -0.39 is 11.9 Å². The Morgan fingerprint density at radius 2 is 2.18 bits per heavy atom. The summed E-state index contributed by atoms with van der Waals surface area (Å²) in [6.07, 6.45) is 0.704. The predicted molar refractivity (Wildman–Crippen MR) is 67.2 cm³/mol. The highest BCUT2D eigenvalue weighted by atomic mass is 35.5. The van der Waals surface area contributed by atoms with Crippen LogP contribution in [0.5, 0.6) is 0 Å². The Hall–Kier alpha value is -0.680. The van der Waals surface area contributed by atoms with E-state index in [2.05, 4.69) is 4.98 Å². The molecule has 1 unspecified atom stereocenters. The van der Waals surface area contributed by atoms with Crippen LogP contribution in [0.1, 0.15) is 16.7 Å². The second-order valence-electron chi connectivity index (χ2n) is 3.44. The first-order valence-corrected chi connectivity index (χ1v) is 6.37. The lowest BCUT2D eigenvalue weighted by molar-refractivity contribution is 0.176. The molecule has 0 aliphatic heterocycles. The summed E-state index contributed by atoms with van der Waals surface area (Å²) >= 11 is 12.5. The van der Waals surface area contributed by atoms with Gasteiger partial charge in [-0.25, -0.2) is 9.37 Å². The molecule has 17 heavy (non-hydrogen) atoms. The van der Waals surface area contributed by atoms with Gasteiger partial charge in [0.2, 0.25) is 0 Å². The summed E-state index contributed by atoms with van der Waals surface area (Å²) < 4.78 is 14.1. The third kappa shape index (κ3) is 2.96. The number of benzene rings is 1. The number of aliphatic hydroxyl groups excluding tert-OH is 1. The van der Waals surface area contributed by atoms with Gasteiger partial charge in [-0.1, -0.05) is 35.3 Å². The number of nitrogens with zero attached hydrogens (tertiary/aromatic N) is 1. The smallest absolute Gasteiger partial charge is 0.145 e. The third-order valence-corrected chi connectivity index (χ3v) is 3.73. The molecule has 0 fully saturated rings. The fourth-order valence-corrected chi connectivity index (χ4v) is 2.53. The molecule has 0 saturated heterocycles. The van der Waals surface area contributed by atoms with Crippen molar-refractivity contribution in [1.82, 2.24) is 4.98 Å². The van der Waals surface area contributed by atoms with Gasteiger partial charge in [0.25, 0.3) is 0 Å². The molecule has 0 amide bonds. The molecule has 0 aliphatic carbocycles. The van der Waals surface area contributed by atoms with Crippen LogP contribution in [0, 0.1) is 5.82 Å². The summed E-state index contributed by atoms with van der Waals surface area (Å²) in [4.78, 5) is 3.95. The fraction of sp³-hybridized carbons (Fsp3) is 0.182. The van der Waals surface area contributed by atoms with E-state index in [0.29, 0.717) is 14.9 Å². The summed E-state index contributed by atoms with van der Waals surface area (Å²) in [6.45, 7) is 0. The standard InChI is InChI=1S/C11H8Cl2FNOS/c12-7-3-1-2-6(10(7)14)4-8(16)11-15-5-9(13)17-11/h1-3,5,8,16H,4H2. The Kier molecular flexibility index (Phi) is 3.99. The quantitative estimate of drug-likeness (QED) is 0.931. The summed E-state index contributed by atoms with van der Waals surface area (Å²) in [5.74, 6) is -0.504. The molecule has 1 aromatic carbocycles. The SMILES string of the molecule is OC(Cc1cccc(Cl)c1F)c1ncc(Cl)s1. The van der Waals surface area contributed by atoms with Gasteiger partial charge < -0.3 is 5.11 Å². The molecule has 90 valence electrons.